The van der Waals surface area contributed by atoms with E-state index in [1.807, 2.05) is 15.9 Å². The van der Waals surface area contributed by atoms with Crippen LogP contribution in [0.4, 0.5) is 0 Å². The first-order chi connectivity index (χ1) is 17.2. The summed E-state index contributed by atoms with van der Waals surface area (Å²) in [5.41, 5.74) is 3.12. The Morgan fingerprint density at radius 1 is 0.886 bits per heavy atom. The topological polar surface area (TPSA) is 62.3 Å². The van der Waals surface area contributed by atoms with E-state index in [0.29, 0.717) is 49.8 Å². The van der Waals surface area contributed by atoms with Gasteiger partial charge in [0.25, 0.3) is 5.91 Å². The van der Waals surface area contributed by atoms with Crippen molar-refractivity contribution in [2.45, 2.75) is 12.5 Å². The molecule has 2 aromatic carbocycles. The molecule has 0 unspecified atom stereocenters. The van der Waals surface area contributed by atoms with Crippen molar-refractivity contribution in [3.05, 3.63) is 81.5 Å². The van der Waals surface area contributed by atoms with Crippen molar-refractivity contribution in [2.24, 2.45) is 0 Å². The smallest absolute Gasteiger partial charge is 0.254 e. The highest BCUT2D eigenvalue weighted by Gasteiger charge is 2.33. The van der Waals surface area contributed by atoms with Gasteiger partial charge >= 0.3 is 0 Å². The Morgan fingerprint density at radius 3 is 2.49 bits per heavy atom. The second kappa shape index (κ2) is 9.36. The van der Waals surface area contributed by atoms with E-state index in [1.165, 1.54) is 16.0 Å². The Balaban J connectivity index is 1.10. The minimum Gasteiger partial charge on any atom is -0.454 e. The summed E-state index contributed by atoms with van der Waals surface area (Å²) in [5, 5.41) is 2.16. The number of fused-ring (bicyclic) bond motifs is 2. The standard InChI is InChI=1S/C27H27N3O4S/c31-25(17-30-10-8-24-21(9-15-35-24)26(30)19-4-2-1-3-5-19)28-11-13-29(14-12-28)27(32)20-6-7-22-23(16-20)34-18-33-22/h1-7,9,15-16,26H,8,10-14,17-18H2/t26-/m1/s1. The van der Waals surface area contributed by atoms with Gasteiger partial charge in [-0.2, -0.15) is 0 Å². The quantitative estimate of drug-likeness (QED) is 0.562. The summed E-state index contributed by atoms with van der Waals surface area (Å²) in [6.07, 6.45) is 0.974. The molecular formula is C27H27N3O4S. The van der Waals surface area contributed by atoms with Gasteiger partial charge in [0.05, 0.1) is 12.6 Å². The van der Waals surface area contributed by atoms with Crippen LogP contribution in [0.25, 0.3) is 0 Å². The molecule has 6 rings (SSSR count). The number of carbonyl (C=O) groups excluding carboxylic acids is 2. The molecule has 3 aliphatic heterocycles. The molecule has 3 aromatic rings. The molecule has 0 N–H and O–H groups in total. The first kappa shape index (κ1) is 22.1. The number of hydrogen-bond acceptors (Lipinski definition) is 6. The van der Waals surface area contributed by atoms with Gasteiger partial charge in [-0.05, 0) is 47.2 Å². The highest BCUT2D eigenvalue weighted by Crippen LogP contribution is 2.37. The van der Waals surface area contributed by atoms with Crippen molar-refractivity contribution in [1.82, 2.24) is 14.7 Å². The van der Waals surface area contributed by atoms with E-state index in [-0.39, 0.29) is 24.6 Å². The third-order valence-corrected chi connectivity index (χ3v) is 8.05. The van der Waals surface area contributed by atoms with Crippen molar-refractivity contribution in [2.75, 3.05) is 46.1 Å². The van der Waals surface area contributed by atoms with Gasteiger partial charge in [0.2, 0.25) is 12.7 Å². The van der Waals surface area contributed by atoms with E-state index in [9.17, 15) is 9.59 Å². The summed E-state index contributed by atoms with van der Waals surface area (Å²) >= 11 is 1.81. The zero-order valence-corrected chi connectivity index (χ0v) is 20.2. The Bertz CT molecular complexity index is 1240. The van der Waals surface area contributed by atoms with Crippen LogP contribution >= 0.6 is 11.3 Å². The number of carbonyl (C=O) groups is 2. The lowest BCUT2D eigenvalue weighted by molar-refractivity contribution is -0.134. The van der Waals surface area contributed by atoms with E-state index in [2.05, 4.69) is 40.6 Å². The normalized spacial score (nSPS) is 19.5. The molecule has 180 valence electrons. The number of ether oxygens (including phenoxy) is 2. The van der Waals surface area contributed by atoms with E-state index in [1.54, 1.807) is 29.5 Å². The third-order valence-electron chi connectivity index (χ3n) is 7.06. The molecule has 1 atom stereocenters. The highest BCUT2D eigenvalue weighted by atomic mass is 32.1. The molecule has 1 saturated heterocycles. The molecule has 1 aromatic heterocycles. The SMILES string of the molecule is O=C(CN1CCc2sccc2[C@H]1c1ccccc1)N1CCN(C(=O)c2ccc3c(c2)OCO3)CC1. The Kier molecular flexibility index (Phi) is 5.91. The van der Waals surface area contributed by atoms with E-state index in [0.717, 1.165) is 13.0 Å². The number of hydrogen-bond donors (Lipinski definition) is 0. The van der Waals surface area contributed by atoms with Crippen LogP contribution in [-0.4, -0.2) is 72.6 Å². The van der Waals surface area contributed by atoms with Crippen molar-refractivity contribution in [1.29, 1.82) is 0 Å². The van der Waals surface area contributed by atoms with Crippen LogP contribution in [0.5, 0.6) is 11.5 Å². The van der Waals surface area contributed by atoms with Gasteiger partial charge < -0.3 is 19.3 Å². The van der Waals surface area contributed by atoms with E-state index in [4.69, 9.17) is 9.47 Å². The molecule has 7 nitrogen and oxygen atoms in total. The fourth-order valence-electron chi connectivity index (χ4n) is 5.21. The van der Waals surface area contributed by atoms with Crippen molar-refractivity contribution in [3.8, 4) is 11.5 Å². The number of rotatable bonds is 4. The van der Waals surface area contributed by atoms with Crippen LogP contribution in [0.3, 0.4) is 0 Å². The van der Waals surface area contributed by atoms with E-state index >= 15 is 0 Å². The Hall–Kier alpha value is -3.36. The maximum Gasteiger partial charge on any atom is 0.254 e. The predicted molar refractivity (Wildman–Crippen MR) is 133 cm³/mol. The molecule has 0 spiro atoms. The second-order valence-corrected chi connectivity index (χ2v) is 10.1. The maximum atomic E-state index is 13.3. The molecular weight excluding hydrogens is 462 g/mol. The van der Waals surface area contributed by atoms with Crippen LogP contribution in [0, 0.1) is 0 Å². The number of piperazine rings is 1. The van der Waals surface area contributed by atoms with Crippen LogP contribution in [0.2, 0.25) is 0 Å². The summed E-state index contributed by atoms with van der Waals surface area (Å²) in [7, 11) is 0. The monoisotopic (exact) mass is 489 g/mol. The van der Waals surface area contributed by atoms with Crippen molar-refractivity contribution < 1.29 is 19.1 Å². The number of thiophene rings is 1. The van der Waals surface area contributed by atoms with Gasteiger partial charge in [-0.3, -0.25) is 14.5 Å². The summed E-state index contributed by atoms with van der Waals surface area (Å²) < 4.78 is 10.7. The van der Waals surface area contributed by atoms with Gasteiger partial charge in [0, 0.05) is 43.2 Å². The zero-order chi connectivity index (χ0) is 23.8. The van der Waals surface area contributed by atoms with Crippen LogP contribution < -0.4 is 9.47 Å². The molecule has 4 heterocycles. The Labute approximate surface area is 208 Å². The summed E-state index contributed by atoms with van der Waals surface area (Å²) in [6.45, 7) is 3.56. The third kappa shape index (κ3) is 4.28. The number of amides is 2. The summed E-state index contributed by atoms with van der Waals surface area (Å²) in [4.78, 5) is 33.8. The second-order valence-electron chi connectivity index (χ2n) is 9.07. The van der Waals surface area contributed by atoms with Crippen LogP contribution in [-0.2, 0) is 11.2 Å². The average Bonchev–Trinajstić information content (AvgIpc) is 3.58. The maximum absolute atomic E-state index is 13.3. The molecule has 0 bridgehead atoms. The van der Waals surface area contributed by atoms with Gasteiger partial charge in [0.1, 0.15) is 0 Å². The lowest BCUT2D eigenvalue weighted by Crippen LogP contribution is -2.53. The van der Waals surface area contributed by atoms with Gasteiger partial charge in [0.15, 0.2) is 11.5 Å². The minimum absolute atomic E-state index is 0.0411. The molecule has 0 aliphatic carbocycles. The van der Waals surface area contributed by atoms with Gasteiger partial charge in [-0.25, -0.2) is 0 Å². The summed E-state index contributed by atoms with van der Waals surface area (Å²) in [5.74, 6) is 1.35. The van der Waals surface area contributed by atoms with Crippen molar-refractivity contribution >= 4 is 23.2 Å². The molecule has 2 amide bonds. The fourth-order valence-corrected chi connectivity index (χ4v) is 6.11. The fraction of sp³-hybridized carbons (Fsp3) is 0.333. The molecule has 1 fully saturated rings. The molecule has 0 radical (unpaired) electrons. The number of nitrogens with zero attached hydrogens (tertiary/aromatic N) is 3. The predicted octanol–water partition coefficient (Wildman–Crippen LogP) is 3.41. The van der Waals surface area contributed by atoms with Gasteiger partial charge in [-0.15, -0.1) is 11.3 Å². The molecule has 3 aliphatic rings. The molecule has 8 heteroatoms. The molecule has 0 saturated carbocycles. The average molecular weight is 490 g/mol. The van der Waals surface area contributed by atoms with Crippen LogP contribution in [0.15, 0.2) is 60.0 Å². The zero-order valence-electron chi connectivity index (χ0n) is 19.4. The lowest BCUT2D eigenvalue weighted by atomic mass is 9.93. The first-order valence-electron chi connectivity index (χ1n) is 12.0. The lowest BCUT2D eigenvalue weighted by Gasteiger charge is -2.39. The Morgan fingerprint density at radius 2 is 1.66 bits per heavy atom. The minimum atomic E-state index is -0.0411. The summed E-state index contributed by atoms with van der Waals surface area (Å²) in [6, 6.07) is 18.0. The largest absolute Gasteiger partial charge is 0.454 e. The molecule has 35 heavy (non-hydrogen) atoms. The number of benzene rings is 2. The first-order valence-corrected chi connectivity index (χ1v) is 12.9. The van der Waals surface area contributed by atoms with E-state index < -0.39 is 0 Å². The van der Waals surface area contributed by atoms with Crippen LogP contribution in [0.1, 0.15) is 32.4 Å². The van der Waals surface area contributed by atoms with Gasteiger partial charge in [-0.1, -0.05) is 30.3 Å². The van der Waals surface area contributed by atoms with Crippen molar-refractivity contribution in [3.63, 3.8) is 0 Å². The highest BCUT2D eigenvalue weighted by molar-refractivity contribution is 7.10.